The average Bonchev–Trinajstić information content (AvgIpc) is 3.26. The van der Waals surface area contributed by atoms with Crippen LogP contribution in [0, 0.1) is 0 Å². The smallest absolute Gasteiger partial charge is 0.134 e. The highest BCUT2D eigenvalue weighted by Crippen LogP contribution is 2.38. The number of hydrogen-bond acceptors (Lipinski definition) is 5. The quantitative estimate of drug-likeness (QED) is 0.886. The van der Waals surface area contributed by atoms with Gasteiger partial charge in [-0.1, -0.05) is 0 Å². The Bertz CT molecular complexity index is 425. The summed E-state index contributed by atoms with van der Waals surface area (Å²) in [5.41, 5.74) is 1.01. The topological polar surface area (TPSA) is 50.3 Å². The van der Waals surface area contributed by atoms with Gasteiger partial charge >= 0.3 is 0 Å². The lowest BCUT2D eigenvalue weighted by Crippen LogP contribution is -2.29. The van der Waals surface area contributed by atoms with Gasteiger partial charge < -0.3 is 15.0 Å². The summed E-state index contributed by atoms with van der Waals surface area (Å²) in [4.78, 5) is 11.8. The summed E-state index contributed by atoms with van der Waals surface area (Å²) >= 11 is 0. The Kier molecular flexibility index (Phi) is 3.94. The zero-order valence-corrected chi connectivity index (χ0v) is 11.6. The van der Waals surface area contributed by atoms with Crippen molar-refractivity contribution in [1.82, 2.24) is 15.3 Å². The van der Waals surface area contributed by atoms with E-state index in [1.165, 1.54) is 19.3 Å². The Hall–Kier alpha value is -1.20. The molecule has 0 amide bonds. The first-order valence-corrected chi connectivity index (χ1v) is 7.19. The normalized spacial score (nSPS) is 20.4. The van der Waals surface area contributed by atoms with Crippen molar-refractivity contribution < 1.29 is 4.74 Å². The molecule has 0 spiro atoms. The first-order chi connectivity index (χ1) is 9.36. The minimum absolute atomic E-state index is 0.571. The van der Waals surface area contributed by atoms with E-state index in [4.69, 9.17) is 9.72 Å². The van der Waals surface area contributed by atoms with Gasteiger partial charge in [-0.2, -0.15) is 0 Å². The van der Waals surface area contributed by atoms with Gasteiger partial charge in [0.25, 0.3) is 0 Å². The number of anilines is 1. The highest BCUT2D eigenvalue weighted by molar-refractivity contribution is 5.41. The van der Waals surface area contributed by atoms with Gasteiger partial charge in [0.05, 0.1) is 12.3 Å². The van der Waals surface area contributed by atoms with E-state index in [1.54, 1.807) is 7.11 Å². The fourth-order valence-electron chi connectivity index (χ4n) is 2.49. The van der Waals surface area contributed by atoms with Gasteiger partial charge in [-0.25, -0.2) is 9.97 Å². The standard InChI is InChI=1S/C14H22N4O/c1-19-10-12-9-13(17-14(16-12)11-3-4-11)18-7-2-5-15-6-8-18/h9,11,15H,2-8,10H2,1H3. The Balaban J connectivity index is 1.85. The Morgan fingerprint density at radius 3 is 3.00 bits per heavy atom. The van der Waals surface area contributed by atoms with E-state index in [0.717, 1.165) is 43.5 Å². The van der Waals surface area contributed by atoms with Crippen molar-refractivity contribution in [2.45, 2.75) is 31.8 Å². The van der Waals surface area contributed by atoms with E-state index in [1.807, 2.05) is 0 Å². The lowest BCUT2D eigenvalue weighted by atomic mass is 10.3. The molecular weight excluding hydrogens is 240 g/mol. The van der Waals surface area contributed by atoms with Gasteiger partial charge in [-0.05, 0) is 25.8 Å². The van der Waals surface area contributed by atoms with Crippen molar-refractivity contribution in [2.24, 2.45) is 0 Å². The summed E-state index contributed by atoms with van der Waals surface area (Å²) in [6.45, 7) is 4.79. The van der Waals surface area contributed by atoms with E-state index in [-0.39, 0.29) is 0 Å². The third kappa shape index (κ3) is 3.22. The van der Waals surface area contributed by atoms with Gasteiger partial charge in [0.1, 0.15) is 11.6 Å². The van der Waals surface area contributed by atoms with Crippen LogP contribution < -0.4 is 10.2 Å². The molecule has 1 aromatic rings. The third-order valence-electron chi connectivity index (χ3n) is 3.68. The summed E-state index contributed by atoms with van der Waals surface area (Å²) < 4.78 is 5.23. The van der Waals surface area contributed by atoms with Gasteiger partial charge in [0.15, 0.2) is 0 Å². The maximum atomic E-state index is 5.23. The fraction of sp³-hybridized carbons (Fsp3) is 0.714. The molecule has 1 N–H and O–H groups in total. The molecule has 1 saturated heterocycles. The van der Waals surface area contributed by atoms with E-state index >= 15 is 0 Å². The number of methoxy groups -OCH3 is 1. The van der Waals surface area contributed by atoms with Crippen LogP contribution in [-0.2, 0) is 11.3 Å². The molecule has 1 saturated carbocycles. The van der Waals surface area contributed by atoms with Gasteiger partial charge in [0.2, 0.25) is 0 Å². The minimum atomic E-state index is 0.571. The summed E-state index contributed by atoms with van der Waals surface area (Å²) in [6.07, 6.45) is 3.64. The molecule has 0 radical (unpaired) electrons. The van der Waals surface area contributed by atoms with E-state index < -0.39 is 0 Å². The fourth-order valence-corrected chi connectivity index (χ4v) is 2.49. The summed E-state index contributed by atoms with van der Waals surface area (Å²) in [7, 11) is 1.72. The van der Waals surface area contributed by atoms with Crippen LogP contribution in [0.1, 0.15) is 36.7 Å². The molecule has 2 heterocycles. The molecule has 19 heavy (non-hydrogen) atoms. The minimum Gasteiger partial charge on any atom is -0.378 e. The second kappa shape index (κ2) is 5.84. The van der Waals surface area contributed by atoms with Crippen LogP contribution in [0.15, 0.2) is 6.07 Å². The third-order valence-corrected chi connectivity index (χ3v) is 3.68. The highest BCUT2D eigenvalue weighted by atomic mass is 16.5. The second-order valence-corrected chi connectivity index (χ2v) is 5.37. The largest absolute Gasteiger partial charge is 0.378 e. The number of aromatic nitrogens is 2. The first kappa shape index (κ1) is 12.8. The van der Waals surface area contributed by atoms with Crippen molar-refractivity contribution >= 4 is 5.82 Å². The number of hydrogen-bond donors (Lipinski definition) is 1. The van der Waals surface area contributed by atoms with Crippen LogP contribution in [0.25, 0.3) is 0 Å². The molecule has 2 aliphatic rings. The van der Waals surface area contributed by atoms with Gasteiger partial charge in [-0.15, -0.1) is 0 Å². The molecule has 0 unspecified atom stereocenters. The number of nitrogens with zero attached hydrogens (tertiary/aromatic N) is 3. The maximum Gasteiger partial charge on any atom is 0.134 e. The lowest BCUT2D eigenvalue weighted by molar-refractivity contribution is 0.181. The van der Waals surface area contributed by atoms with E-state index in [9.17, 15) is 0 Å². The monoisotopic (exact) mass is 262 g/mol. The lowest BCUT2D eigenvalue weighted by Gasteiger charge is -2.22. The zero-order valence-electron chi connectivity index (χ0n) is 11.6. The Morgan fingerprint density at radius 1 is 1.32 bits per heavy atom. The van der Waals surface area contributed by atoms with Crippen molar-refractivity contribution in [3.8, 4) is 0 Å². The predicted molar refractivity (Wildman–Crippen MR) is 74.4 cm³/mol. The molecule has 104 valence electrons. The SMILES string of the molecule is COCc1cc(N2CCCNCC2)nc(C2CC2)n1. The molecule has 2 fully saturated rings. The molecule has 1 aliphatic carbocycles. The van der Waals surface area contributed by atoms with Crippen LogP contribution in [0.5, 0.6) is 0 Å². The summed E-state index contributed by atoms with van der Waals surface area (Å²) in [6, 6.07) is 2.08. The molecule has 1 aliphatic heterocycles. The molecule has 0 aromatic carbocycles. The molecule has 0 bridgehead atoms. The van der Waals surface area contributed by atoms with Crippen molar-refractivity contribution in [2.75, 3.05) is 38.2 Å². The van der Waals surface area contributed by atoms with Gasteiger partial charge in [0, 0.05) is 38.7 Å². The number of rotatable bonds is 4. The van der Waals surface area contributed by atoms with Crippen LogP contribution in [0.4, 0.5) is 5.82 Å². The molecule has 5 heteroatoms. The molecule has 3 rings (SSSR count). The van der Waals surface area contributed by atoms with Crippen LogP contribution >= 0.6 is 0 Å². The number of nitrogens with one attached hydrogen (secondary N) is 1. The summed E-state index contributed by atoms with van der Waals surface area (Å²) in [5.74, 6) is 2.68. The van der Waals surface area contributed by atoms with Crippen LogP contribution in [0.2, 0.25) is 0 Å². The maximum absolute atomic E-state index is 5.23. The molecule has 1 aromatic heterocycles. The summed E-state index contributed by atoms with van der Waals surface area (Å²) in [5, 5.41) is 3.43. The molecule has 5 nitrogen and oxygen atoms in total. The van der Waals surface area contributed by atoms with Crippen LogP contribution in [-0.4, -0.2) is 43.3 Å². The van der Waals surface area contributed by atoms with Crippen molar-refractivity contribution in [3.05, 3.63) is 17.6 Å². The number of ether oxygens (including phenoxy) is 1. The second-order valence-electron chi connectivity index (χ2n) is 5.37. The first-order valence-electron chi connectivity index (χ1n) is 7.19. The molecular formula is C14H22N4O. The predicted octanol–water partition coefficient (Wildman–Crippen LogP) is 1.30. The van der Waals surface area contributed by atoms with Crippen LogP contribution in [0.3, 0.4) is 0 Å². The Labute approximate surface area is 114 Å². The van der Waals surface area contributed by atoms with E-state index in [2.05, 4.69) is 21.3 Å². The van der Waals surface area contributed by atoms with Crippen molar-refractivity contribution in [3.63, 3.8) is 0 Å². The van der Waals surface area contributed by atoms with Crippen molar-refractivity contribution in [1.29, 1.82) is 0 Å². The van der Waals surface area contributed by atoms with E-state index in [0.29, 0.717) is 12.5 Å². The molecule has 0 atom stereocenters. The zero-order chi connectivity index (χ0) is 13.1. The highest BCUT2D eigenvalue weighted by Gasteiger charge is 2.28. The Morgan fingerprint density at radius 2 is 2.21 bits per heavy atom. The van der Waals surface area contributed by atoms with Gasteiger partial charge in [-0.3, -0.25) is 0 Å². The average molecular weight is 262 g/mol.